The largest absolute Gasteiger partial charge is 0.506 e. The first-order valence-corrected chi connectivity index (χ1v) is 8.48. The SMILES string of the molecule is CN(C)CC1CCN(S(=O)(=O)c2ccc(O)c(N)c2)CC1. The number of nitrogens with two attached hydrogens (primary N) is 1. The zero-order valence-electron chi connectivity index (χ0n) is 12.5. The lowest BCUT2D eigenvalue weighted by Crippen LogP contribution is -2.40. The maximum absolute atomic E-state index is 12.6. The summed E-state index contributed by atoms with van der Waals surface area (Å²) in [5, 5.41) is 9.40. The Morgan fingerprint density at radius 1 is 1.33 bits per heavy atom. The molecule has 0 aromatic heterocycles. The Bertz CT molecular complexity index is 593. The summed E-state index contributed by atoms with van der Waals surface area (Å²) in [5.74, 6) is 0.440. The van der Waals surface area contributed by atoms with Crippen molar-refractivity contribution < 1.29 is 13.5 Å². The Morgan fingerprint density at radius 3 is 2.48 bits per heavy atom. The summed E-state index contributed by atoms with van der Waals surface area (Å²) in [6.07, 6.45) is 1.73. The molecule has 1 heterocycles. The number of hydrogen-bond donors (Lipinski definition) is 2. The highest BCUT2D eigenvalue weighted by molar-refractivity contribution is 7.89. The van der Waals surface area contributed by atoms with E-state index in [1.165, 1.54) is 22.5 Å². The van der Waals surface area contributed by atoms with Crippen LogP contribution in [0.4, 0.5) is 5.69 Å². The maximum Gasteiger partial charge on any atom is 0.243 e. The number of nitrogen functional groups attached to an aromatic ring is 1. The average molecular weight is 313 g/mol. The minimum atomic E-state index is -3.52. The van der Waals surface area contributed by atoms with Gasteiger partial charge >= 0.3 is 0 Å². The Morgan fingerprint density at radius 2 is 1.95 bits per heavy atom. The molecule has 0 saturated carbocycles. The fraction of sp³-hybridized carbons (Fsp3) is 0.571. The molecule has 1 saturated heterocycles. The van der Waals surface area contributed by atoms with Gasteiger partial charge in [0.05, 0.1) is 10.6 Å². The Kier molecular flexibility index (Phi) is 4.75. The lowest BCUT2D eigenvalue weighted by atomic mass is 9.98. The second-order valence-corrected chi connectivity index (χ2v) is 7.77. The molecule has 0 bridgehead atoms. The molecular formula is C14H23N3O3S. The molecule has 1 fully saturated rings. The third-order valence-electron chi connectivity index (χ3n) is 3.83. The zero-order chi connectivity index (χ0) is 15.6. The summed E-state index contributed by atoms with van der Waals surface area (Å²) in [6.45, 7) is 2.04. The summed E-state index contributed by atoms with van der Waals surface area (Å²) in [4.78, 5) is 2.28. The second kappa shape index (κ2) is 6.21. The third kappa shape index (κ3) is 3.66. The number of rotatable bonds is 4. The molecule has 1 aromatic carbocycles. The molecule has 6 nitrogen and oxygen atoms in total. The molecule has 1 aliphatic heterocycles. The summed E-state index contributed by atoms with van der Waals surface area (Å²) < 4.78 is 26.6. The molecule has 0 amide bonds. The van der Waals surface area contributed by atoms with Crippen LogP contribution in [0.25, 0.3) is 0 Å². The highest BCUT2D eigenvalue weighted by atomic mass is 32.2. The molecule has 3 N–H and O–H groups in total. The third-order valence-corrected chi connectivity index (χ3v) is 5.73. The Labute approximate surface area is 126 Å². The van der Waals surface area contributed by atoms with Crippen LogP contribution in [0.3, 0.4) is 0 Å². The molecule has 1 aromatic rings. The minimum absolute atomic E-state index is 0.0820. The first-order valence-electron chi connectivity index (χ1n) is 7.04. The van der Waals surface area contributed by atoms with Gasteiger partial charge in [0, 0.05) is 19.6 Å². The van der Waals surface area contributed by atoms with Crippen LogP contribution in [0.15, 0.2) is 23.1 Å². The molecule has 118 valence electrons. The van der Waals surface area contributed by atoms with E-state index < -0.39 is 10.0 Å². The van der Waals surface area contributed by atoms with Crippen LogP contribution >= 0.6 is 0 Å². The highest BCUT2D eigenvalue weighted by Crippen LogP contribution is 2.28. The monoisotopic (exact) mass is 313 g/mol. The van der Waals surface area contributed by atoms with Crippen LogP contribution in [0, 0.1) is 5.92 Å². The lowest BCUT2D eigenvalue weighted by Gasteiger charge is -2.32. The van der Waals surface area contributed by atoms with Crippen LogP contribution in [-0.4, -0.2) is 56.5 Å². The first-order chi connectivity index (χ1) is 9.80. The van der Waals surface area contributed by atoms with Gasteiger partial charge in [-0.2, -0.15) is 4.31 Å². The predicted octanol–water partition coefficient (Wildman–Crippen LogP) is 0.937. The van der Waals surface area contributed by atoms with Crippen molar-refractivity contribution in [3.8, 4) is 5.75 Å². The molecule has 0 unspecified atom stereocenters. The Balaban J connectivity index is 2.09. The molecule has 0 atom stereocenters. The van der Waals surface area contributed by atoms with Crippen molar-refractivity contribution in [2.24, 2.45) is 5.92 Å². The molecule has 0 radical (unpaired) electrons. The van der Waals surface area contributed by atoms with E-state index >= 15 is 0 Å². The van der Waals surface area contributed by atoms with E-state index in [0.717, 1.165) is 19.4 Å². The van der Waals surface area contributed by atoms with Gasteiger partial charge in [0.2, 0.25) is 10.0 Å². The van der Waals surface area contributed by atoms with Gasteiger partial charge in [-0.05, 0) is 51.1 Å². The molecule has 7 heteroatoms. The van der Waals surface area contributed by atoms with E-state index in [9.17, 15) is 13.5 Å². The van der Waals surface area contributed by atoms with Gasteiger partial charge in [0.1, 0.15) is 5.75 Å². The van der Waals surface area contributed by atoms with Crippen molar-refractivity contribution in [3.63, 3.8) is 0 Å². The minimum Gasteiger partial charge on any atom is -0.506 e. The summed E-state index contributed by atoms with van der Waals surface area (Å²) in [5.41, 5.74) is 5.67. The van der Waals surface area contributed by atoms with E-state index in [0.29, 0.717) is 19.0 Å². The highest BCUT2D eigenvalue weighted by Gasteiger charge is 2.29. The number of anilines is 1. The zero-order valence-corrected chi connectivity index (χ0v) is 13.3. The van der Waals surface area contributed by atoms with Gasteiger partial charge in [-0.15, -0.1) is 0 Å². The van der Waals surface area contributed by atoms with E-state index in [2.05, 4.69) is 4.90 Å². The van der Waals surface area contributed by atoms with Crippen molar-refractivity contribution in [1.29, 1.82) is 0 Å². The van der Waals surface area contributed by atoms with Gasteiger partial charge in [0.15, 0.2) is 0 Å². The second-order valence-electron chi connectivity index (χ2n) is 5.83. The van der Waals surface area contributed by atoms with E-state index in [-0.39, 0.29) is 16.3 Å². The van der Waals surface area contributed by atoms with E-state index in [4.69, 9.17) is 5.73 Å². The normalized spacial score (nSPS) is 18.2. The van der Waals surface area contributed by atoms with Crippen LogP contribution < -0.4 is 5.73 Å². The lowest BCUT2D eigenvalue weighted by molar-refractivity contribution is 0.225. The van der Waals surface area contributed by atoms with Gasteiger partial charge in [0.25, 0.3) is 0 Å². The number of nitrogens with zero attached hydrogens (tertiary/aromatic N) is 2. The smallest absolute Gasteiger partial charge is 0.243 e. The molecular weight excluding hydrogens is 290 g/mol. The fourth-order valence-electron chi connectivity index (χ4n) is 2.69. The number of aromatic hydroxyl groups is 1. The van der Waals surface area contributed by atoms with Crippen LogP contribution in [0.5, 0.6) is 5.75 Å². The Hall–Kier alpha value is -1.31. The number of benzene rings is 1. The number of sulfonamides is 1. The van der Waals surface area contributed by atoms with Gasteiger partial charge in [-0.3, -0.25) is 0 Å². The topological polar surface area (TPSA) is 86.9 Å². The van der Waals surface area contributed by atoms with Crippen molar-refractivity contribution in [3.05, 3.63) is 18.2 Å². The molecule has 21 heavy (non-hydrogen) atoms. The van der Waals surface area contributed by atoms with Gasteiger partial charge < -0.3 is 15.7 Å². The molecule has 0 aliphatic carbocycles. The average Bonchev–Trinajstić information content (AvgIpc) is 2.41. The van der Waals surface area contributed by atoms with E-state index in [1.807, 2.05) is 14.1 Å². The fourth-order valence-corrected chi connectivity index (χ4v) is 4.20. The van der Waals surface area contributed by atoms with Gasteiger partial charge in [-0.1, -0.05) is 0 Å². The van der Waals surface area contributed by atoms with Crippen molar-refractivity contribution >= 4 is 15.7 Å². The molecule has 1 aliphatic rings. The predicted molar refractivity (Wildman–Crippen MR) is 82.6 cm³/mol. The van der Waals surface area contributed by atoms with Crippen LogP contribution in [-0.2, 0) is 10.0 Å². The number of piperidine rings is 1. The summed E-state index contributed by atoms with van der Waals surface area (Å²) >= 11 is 0. The number of phenols is 1. The van der Waals surface area contributed by atoms with Crippen LogP contribution in [0.2, 0.25) is 0 Å². The summed E-state index contributed by atoms with van der Waals surface area (Å²) in [6, 6.07) is 4.03. The first kappa shape index (κ1) is 16.1. The molecule has 2 rings (SSSR count). The maximum atomic E-state index is 12.6. The number of phenolic OH excluding ortho intramolecular Hbond substituents is 1. The quantitative estimate of drug-likeness (QED) is 0.638. The van der Waals surface area contributed by atoms with Crippen LogP contribution in [0.1, 0.15) is 12.8 Å². The van der Waals surface area contributed by atoms with Crippen molar-refractivity contribution in [2.45, 2.75) is 17.7 Å². The molecule has 0 spiro atoms. The summed E-state index contributed by atoms with van der Waals surface area (Å²) in [7, 11) is 0.536. The van der Waals surface area contributed by atoms with Crippen molar-refractivity contribution in [1.82, 2.24) is 9.21 Å². The number of hydrogen-bond acceptors (Lipinski definition) is 5. The van der Waals surface area contributed by atoms with Gasteiger partial charge in [-0.25, -0.2) is 8.42 Å². The standard InChI is InChI=1S/C14H23N3O3S/c1-16(2)10-11-5-7-17(8-6-11)21(19,20)12-3-4-14(18)13(15)9-12/h3-4,9,11,18H,5-8,10,15H2,1-2H3. The van der Waals surface area contributed by atoms with Crippen molar-refractivity contribution in [2.75, 3.05) is 39.5 Å². The van der Waals surface area contributed by atoms with E-state index in [1.54, 1.807) is 0 Å².